The monoisotopic (exact) mass is 264 g/mol. The molecule has 0 saturated heterocycles. The summed E-state index contributed by atoms with van der Waals surface area (Å²) in [6.07, 6.45) is 0. The van der Waals surface area contributed by atoms with E-state index in [4.69, 9.17) is 4.74 Å². The van der Waals surface area contributed by atoms with E-state index >= 15 is 0 Å². The molecule has 0 fully saturated rings. The molecule has 2 N–H and O–H groups in total. The highest BCUT2D eigenvalue weighted by Crippen LogP contribution is 2.16. The van der Waals surface area contributed by atoms with Gasteiger partial charge in [0.15, 0.2) is 6.61 Å². The molecule has 0 aliphatic heterocycles. The van der Waals surface area contributed by atoms with Crippen LogP contribution in [-0.2, 0) is 4.79 Å². The van der Waals surface area contributed by atoms with Gasteiger partial charge in [0, 0.05) is 12.6 Å². The van der Waals surface area contributed by atoms with Crippen molar-refractivity contribution < 1.29 is 9.53 Å². The van der Waals surface area contributed by atoms with Crippen molar-refractivity contribution >= 4 is 5.91 Å². The zero-order valence-electron chi connectivity index (χ0n) is 12.2. The first-order valence-electron chi connectivity index (χ1n) is 6.73. The van der Waals surface area contributed by atoms with E-state index in [1.54, 1.807) is 0 Å². The summed E-state index contributed by atoms with van der Waals surface area (Å²) in [5, 5.41) is 6.07. The second-order valence-corrected chi connectivity index (χ2v) is 4.80. The first-order valence-corrected chi connectivity index (χ1v) is 6.73. The van der Waals surface area contributed by atoms with Gasteiger partial charge in [-0.15, -0.1) is 0 Å². The fraction of sp³-hybridized carbons (Fsp3) is 0.533. The first kappa shape index (κ1) is 15.5. The third-order valence-electron chi connectivity index (χ3n) is 3.01. The molecule has 1 aromatic rings. The molecule has 1 amide bonds. The molecule has 0 bridgehead atoms. The van der Waals surface area contributed by atoms with Gasteiger partial charge in [-0.1, -0.05) is 13.0 Å². The Morgan fingerprint density at radius 2 is 2.05 bits per heavy atom. The van der Waals surface area contributed by atoms with Crippen molar-refractivity contribution in [1.82, 2.24) is 10.6 Å². The number of benzene rings is 1. The van der Waals surface area contributed by atoms with Crippen LogP contribution < -0.4 is 15.4 Å². The Hall–Kier alpha value is -1.55. The lowest BCUT2D eigenvalue weighted by atomic mass is 10.1. The second kappa shape index (κ2) is 7.79. The molecule has 0 saturated carbocycles. The number of rotatable bonds is 7. The molecule has 19 heavy (non-hydrogen) atoms. The largest absolute Gasteiger partial charge is 0.484 e. The van der Waals surface area contributed by atoms with E-state index in [1.807, 2.05) is 45.9 Å². The smallest absolute Gasteiger partial charge is 0.257 e. The van der Waals surface area contributed by atoms with E-state index in [0.717, 1.165) is 12.3 Å². The number of hydrogen-bond donors (Lipinski definition) is 2. The van der Waals surface area contributed by atoms with Gasteiger partial charge in [-0.05, 0) is 50.6 Å². The van der Waals surface area contributed by atoms with Crippen LogP contribution in [0.25, 0.3) is 0 Å². The average Bonchev–Trinajstić information content (AvgIpc) is 2.38. The Morgan fingerprint density at radius 3 is 2.68 bits per heavy atom. The molecule has 0 aromatic heterocycles. The molecule has 0 aliphatic rings. The Kier molecular flexibility index (Phi) is 6.36. The van der Waals surface area contributed by atoms with Crippen molar-refractivity contribution in [2.24, 2.45) is 0 Å². The van der Waals surface area contributed by atoms with Gasteiger partial charge in [-0.3, -0.25) is 4.79 Å². The third-order valence-corrected chi connectivity index (χ3v) is 3.01. The third kappa shape index (κ3) is 5.75. The lowest BCUT2D eigenvalue weighted by molar-refractivity contribution is -0.123. The molecule has 0 spiro atoms. The van der Waals surface area contributed by atoms with Crippen molar-refractivity contribution in [1.29, 1.82) is 0 Å². The molecule has 0 radical (unpaired) electrons. The first-order chi connectivity index (χ1) is 9.02. The van der Waals surface area contributed by atoms with Crippen LogP contribution in [0.5, 0.6) is 5.75 Å². The highest BCUT2D eigenvalue weighted by molar-refractivity contribution is 5.77. The van der Waals surface area contributed by atoms with E-state index in [-0.39, 0.29) is 18.6 Å². The highest BCUT2D eigenvalue weighted by Gasteiger charge is 2.05. The van der Waals surface area contributed by atoms with Gasteiger partial charge in [0.1, 0.15) is 5.75 Å². The summed E-state index contributed by atoms with van der Waals surface area (Å²) < 4.78 is 5.46. The summed E-state index contributed by atoms with van der Waals surface area (Å²) in [4.78, 5) is 11.6. The molecule has 1 aromatic carbocycles. The minimum Gasteiger partial charge on any atom is -0.484 e. The highest BCUT2D eigenvalue weighted by atomic mass is 16.5. The number of aryl methyl sites for hydroxylation is 2. The van der Waals surface area contributed by atoms with Crippen molar-refractivity contribution in [2.45, 2.75) is 33.7 Å². The summed E-state index contributed by atoms with van der Waals surface area (Å²) >= 11 is 0. The maximum atomic E-state index is 11.6. The molecule has 106 valence electrons. The van der Waals surface area contributed by atoms with Crippen molar-refractivity contribution in [2.75, 3.05) is 19.7 Å². The SMILES string of the molecule is CCN[C@H](C)CNC(=O)COc1ccc(C)c(C)c1. The summed E-state index contributed by atoms with van der Waals surface area (Å²) in [6.45, 7) is 9.73. The minimum atomic E-state index is -0.0945. The topological polar surface area (TPSA) is 50.4 Å². The number of nitrogens with one attached hydrogen (secondary N) is 2. The molecule has 4 heteroatoms. The van der Waals surface area contributed by atoms with E-state index in [2.05, 4.69) is 10.6 Å². The normalized spacial score (nSPS) is 12.0. The van der Waals surface area contributed by atoms with Crippen LogP contribution in [0, 0.1) is 13.8 Å². The Morgan fingerprint density at radius 1 is 1.32 bits per heavy atom. The van der Waals surface area contributed by atoms with Crippen LogP contribution >= 0.6 is 0 Å². The number of ether oxygens (including phenoxy) is 1. The van der Waals surface area contributed by atoms with Crippen LogP contribution in [0.3, 0.4) is 0 Å². The Bertz CT molecular complexity index is 419. The van der Waals surface area contributed by atoms with Gasteiger partial charge in [0.05, 0.1) is 0 Å². The molecule has 4 nitrogen and oxygen atoms in total. The molecule has 1 atom stereocenters. The predicted molar refractivity (Wildman–Crippen MR) is 77.6 cm³/mol. The van der Waals surface area contributed by atoms with Gasteiger partial charge in [0.25, 0.3) is 5.91 Å². The van der Waals surface area contributed by atoms with Crippen molar-refractivity contribution in [3.8, 4) is 5.75 Å². The number of carbonyl (C=O) groups is 1. The number of hydrogen-bond acceptors (Lipinski definition) is 3. The average molecular weight is 264 g/mol. The van der Waals surface area contributed by atoms with Gasteiger partial charge in [-0.25, -0.2) is 0 Å². The Labute approximate surface area is 115 Å². The van der Waals surface area contributed by atoms with Crippen molar-refractivity contribution in [3.63, 3.8) is 0 Å². The number of amides is 1. The molecule has 0 unspecified atom stereocenters. The van der Waals surface area contributed by atoms with E-state index in [9.17, 15) is 4.79 Å². The van der Waals surface area contributed by atoms with Crippen LogP contribution in [0.2, 0.25) is 0 Å². The zero-order valence-corrected chi connectivity index (χ0v) is 12.2. The van der Waals surface area contributed by atoms with E-state index in [0.29, 0.717) is 6.54 Å². The fourth-order valence-corrected chi connectivity index (χ4v) is 1.69. The molecule has 1 rings (SSSR count). The summed E-state index contributed by atoms with van der Waals surface area (Å²) in [5.41, 5.74) is 2.38. The van der Waals surface area contributed by atoms with Gasteiger partial charge in [0.2, 0.25) is 0 Å². The lowest BCUT2D eigenvalue weighted by Crippen LogP contribution is -2.40. The van der Waals surface area contributed by atoms with Crippen LogP contribution in [0.15, 0.2) is 18.2 Å². The summed E-state index contributed by atoms with van der Waals surface area (Å²) in [7, 11) is 0. The maximum Gasteiger partial charge on any atom is 0.257 e. The van der Waals surface area contributed by atoms with Crippen LogP contribution in [-0.4, -0.2) is 31.6 Å². The molecular weight excluding hydrogens is 240 g/mol. The number of likely N-dealkylation sites (N-methyl/N-ethyl adjacent to an activating group) is 1. The zero-order chi connectivity index (χ0) is 14.3. The predicted octanol–water partition coefficient (Wildman–Crippen LogP) is 1.80. The fourth-order valence-electron chi connectivity index (χ4n) is 1.69. The van der Waals surface area contributed by atoms with E-state index < -0.39 is 0 Å². The van der Waals surface area contributed by atoms with E-state index in [1.165, 1.54) is 11.1 Å². The van der Waals surface area contributed by atoms with Gasteiger partial charge in [-0.2, -0.15) is 0 Å². The van der Waals surface area contributed by atoms with Crippen molar-refractivity contribution in [3.05, 3.63) is 29.3 Å². The molecule has 0 heterocycles. The van der Waals surface area contributed by atoms with Crippen LogP contribution in [0.4, 0.5) is 0 Å². The summed E-state index contributed by atoms with van der Waals surface area (Å²) in [6, 6.07) is 6.10. The molecular formula is C15H24N2O2. The quantitative estimate of drug-likeness (QED) is 0.789. The lowest BCUT2D eigenvalue weighted by Gasteiger charge is -2.13. The summed E-state index contributed by atoms with van der Waals surface area (Å²) in [5.74, 6) is 0.640. The minimum absolute atomic E-state index is 0.0569. The van der Waals surface area contributed by atoms with Gasteiger partial charge >= 0.3 is 0 Å². The molecule has 0 aliphatic carbocycles. The van der Waals surface area contributed by atoms with Gasteiger partial charge < -0.3 is 15.4 Å². The van der Waals surface area contributed by atoms with Crippen LogP contribution in [0.1, 0.15) is 25.0 Å². The Balaban J connectivity index is 2.31. The number of carbonyl (C=O) groups excluding carboxylic acids is 1. The maximum absolute atomic E-state index is 11.6. The standard InChI is InChI=1S/C15H24N2O2/c1-5-16-13(4)9-17-15(18)10-19-14-7-6-11(2)12(3)8-14/h6-8,13,16H,5,9-10H2,1-4H3,(H,17,18)/t13-/m1/s1. The second-order valence-electron chi connectivity index (χ2n) is 4.80.